The molecular formula is C64H73F3N10O9SSi. The molecule has 4 aliphatic rings. The van der Waals surface area contributed by atoms with E-state index in [-0.39, 0.29) is 84.3 Å². The van der Waals surface area contributed by atoms with Gasteiger partial charge in [-0.15, -0.1) is 0 Å². The number of rotatable bonds is 18. The number of aryl methyl sites for hydroxylation is 1. The van der Waals surface area contributed by atoms with E-state index in [1.54, 1.807) is 56.9 Å². The third-order valence-electron chi connectivity index (χ3n) is 17.0. The van der Waals surface area contributed by atoms with Crippen molar-refractivity contribution in [3.8, 4) is 22.6 Å². The van der Waals surface area contributed by atoms with Gasteiger partial charge in [0.15, 0.2) is 16.6 Å². The van der Waals surface area contributed by atoms with Gasteiger partial charge in [0.05, 0.1) is 47.8 Å². The SMILES string of the molecule is COc1c(NC(=O)CN2CCC3(CC2)CC(COc2cccc(-c4ccc(N5CCc6ccnc(C(=O)N(COCC[Si](C)(C)C)c7nc8ccccc8s7)c6C5)nc4C(=O)OC(C)(C)C)c2C(F)(F)F)C3)ccc2c(C3CCC(=O)NC3=O)nn(C)c12. The predicted octanol–water partition coefficient (Wildman–Crippen LogP) is 11.2. The quantitative estimate of drug-likeness (QED) is 0.0269. The molecule has 3 aromatic carbocycles. The van der Waals surface area contributed by atoms with Gasteiger partial charge in [-0.25, -0.2) is 14.8 Å². The molecule has 2 N–H and O–H groups in total. The second kappa shape index (κ2) is 24.6. The summed E-state index contributed by atoms with van der Waals surface area (Å²) in [5, 5.41) is 11.2. The van der Waals surface area contributed by atoms with Crippen molar-refractivity contribution in [3.05, 3.63) is 113 Å². The Morgan fingerprint density at radius 3 is 2.40 bits per heavy atom. The van der Waals surface area contributed by atoms with E-state index in [1.165, 1.54) is 47.6 Å². The first-order valence-electron chi connectivity index (χ1n) is 29.8. The molecule has 2 saturated heterocycles. The Morgan fingerprint density at radius 1 is 0.909 bits per heavy atom. The number of likely N-dealkylation sites (tertiary alicyclic amines) is 1. The maximum Gasteiger partial charge on any atom is 0.420 e. The fraction of sp³-hybridized carbons (Fsp3) is 0.453. The number of ether oxygens (including phenoxy) is 4. The van der Waals surface area contributed by atoms with Crippen LogP contribution in [-0.4, -0.2) is 126 Å². The number of imide groups is 1. The average molecular weight is 1240 g/mol. The van der Waals surface area contributed by atoms with Gasteiger partial charge in [0.25, 0.3) is 5.91 Å². The molecule has 1 aliphatic carbocycles. The van der Waals surface area contributed by atoms with E-state index >= 15 is 13.2 Å². The molecule has 1 unspecified atom stereocenters. The van der Waals surface area contributed by atoms with Gasteiger partial charge in [-0.3, -0.25) is 44.0 Å². The first-order valence-corrected chi connectivity index (χ1v) is 34.3. The van der Waals surface area contributed by atoms with Gasteiger partial charge in [-0.2, -0.15) is 18.3 Å². The number of benzene rings is 3. The minimum absolute atomic E-state index is 0.00729. The predicted molar refractivity (Wildman–Crippen MR) is 332 cm³/mol. The van der Waals surface area contributed by atoms with Crippen molar-refractivity contribution < 1.29 is 56.1 Å². The van der Waals surface area contributed by atoms with E-state index in [0.29, 0.717) is 83.6 Å². The number of thiazole rings is 1. The number of nitrogens with one attached hydrogen (secondary N) is 2. The lowest BCUT2D eigenvalue weighted by atomic mass is 9.58. The lowest BCUT2D eigenvalue weighted by Crippen LogP contribution is -2.49. The van der Waals surface area contributed by atoms with Crippen LogP contribution in [0.3, 0.4) is 0 Å². The van der Waals surface area contributed by atoms with Crippen molar-refractivity contribution in [2.45, 2.75) is 116 Å². The van der Waals surface area contributed by atoms with Crippen LogP contribution in [0.1, 0.15) is 109 Å². The molecule has 88 heavy (non-hydrogen) atoms. The summed E-state index contributed by atoms with van der Waals surface area (Å²) in [5.74, 6) is -2.52. The Kier molecular flexibility index (Phi) is 17.3. The van der Waals surface area contributed by atoms with Crippen LogP contribution >= 0.6 is 11.3 Å². The number of methoxy groups -OCH3 is 1. The Hall–Kier alpha value is -7.80. The van der Waals surface area contributed by atoms with Gasteiger partial charge in [-0.1, -0.05) is 55.2 Å². The zero-order valence-electron chi connectivity index (χ0n) is 50.8. The Morgan fingerprint density at radius 2 is 1.68 bits per heavy atom. The number of pyridine rings is 2. The van der Waals surface area contributed by atoms with Gasteiger partial charge in [-0.05, 0) is 144 Å². The molecule has 3 fully saturated rings. The van der Waals surface area contributed by atoms with Crippen LogP contribution in [0, 0.1) is 11.3 Å². The normalized spacial score (nSPS) is 17.4. The van der Waals surface area contributed by atoms with Gasteiger partial charge in [0.1, 0.15) is 40.7 Å². The minimum Gasteiger partial charge on any atom is -0.493 e. The summed E-state index contributed by atoms with van der Waals surface area (Å²) in [5.41, 5.74) is 1.34. The average Bonchev–Trinajstić information content (AvgIpc) is 1.64. The molecule has 11 rings (SSSR count). The summed E-state index contributed by atoms with van der Waals surface area (Å²) in [6.07, 6.45) is 0.871. The molecule has 1 atom stereocenters. The van der Waals surface area contributed by atoms with Crippen molar-refractivity contribution >= 4 is 86.8 Å². The van der Waals surface area contributed by atoms with Gasteiger partial charge in [0.2, 0.25) is 17.7 Å². The Labute approximate surface area is 513 Å². The summed E-state index contributed by atoms with van der Waals surface area (Å²) >= 11 is 1.38. The summed E-state index contributed by atoms with van der Waals surface area (Å²) in [4.78, 5) is 86.9. The van der Waals surface area contributed by atoms with Gasteiger partial charge >= 0.3 is 12.1 Å². The number of hydrogen-bond acceptors (Lipinski definition) is 16. The van der Waals surface area contributed by atoms with Crippen LogP contribution in [0.25, 0.3) is 32.2 Å². The number of para-hydroxylation sites is 1. The van der Waals surface area contributed by atoms with Crippen molar-refractivity contribution in [1.82, 2.24) is 34.9 Å². The number of carbonyl (C=O) groups is 5. The monoisotopic (exact) mass is 1240 g/mol. The highest BCUT2D eigenvalue weighted by atomic mass is 32.1. The zero-order valence-corrected chi connectivity index (χ0v) is 52.6. The number of halogens is 3. The molecular weight excluding hydrogens is 1170 g/mol. The molecule has 3 aliphatic heterocycles. The van der Waals surface area contributed by atoms with E-state index in [9.17, 15) is 24.0 Å². The molecule has 464 valence electrons. The summed E-state index contributed by atoms with van der Waals surface area (Å²) in [6, 6.07) is 21.1. The van der Waals surface area contributed by atoms with E-state index in [1.807, 2.05) is 35.2 Å². The third kappa shape index (κ3) is 13.3. The number of fused-ring (bicyclic) bond motifs is 3. The van der Waals surface area contributed by atoms with Crippen LogP contribution in [0.4, 0.5) is 29.8 Å². The standard InChI is InChI=1S/C64H73F3N10O9SSi/c1-62(2,3)86-60(82)55-41(17-20-49(71-55)76-27-23-39-22-26-68-54(44(39)34-76)59(81)77(37-84-30-31-88(6,7)8)61-70-45-13-9-10-15-48(45)87-61)40-12-11-14-47(52(40)64(65,66)67)85-36-38-32-63(33-38)24-28-75(29-25-63)35-51(79)69-46-19-16-42-53(43-18-21-50(78)72-58(43)80)73-74(4)56(42)57(46)83-5/h9-17,19-20,22,26,38,43H,18,21,23-25,27-37H2,1-8H3,(H,69,79)(H,72,78,80). The smallest absolute Gasteiger partial charge is 0.420 e. The topological polar surface area (TPSA) is 213 Å². The number of piperidine rings is 2. The van der Waals surface area contributed by atoms with Gasteiger partial charge < -0.3 is 29.2 Å². The fourth-order valence-electron chi connectivity index (χ4n) is 12.5. The zero-order chi connectivity index (χ0) is 62.5. The first kappa shape index (κ1) is 61.8. The number of hydrogen-bond donors (Lipinski definition) is 2. The van der Waals surface area contributed by atoms with Gasteiger partial charge in [0, 0.05) is 69.5 Å². The summed E-state index contributed by atoms with van der Waals surface area (Å²) in [6.45, 7) is 14.3. The van der Waals surface area contributed by atoms with Crippen LogP contribution in [0.15, 0.2) is 79.0 Å². The molecule has 0 bridgehead atoms. The highest BCUT2D eigenvalue weighted by molar-refractivity contribution is 7.22. The molecule has 7 aromatic rings. The number of amides is 4. The summed E-state index contributed by atoms with van der Waals surface area (Å²) in [7, 11) is 1.78. The van der Waals surface area contributed by atoms with Crippen molar-refractivity contribution in [2.75, 3.05) is 68.4 Å². The third-order valence-corrected chi connectivity index (χ3v) is 19.7. The van der Waals surface area contributed by atoms with E-state index in [2.05, 4.69) is 45.3 Å². The minimum atomic E-state index is -4.90. The number of alkyl halides is 3. The second-order valence-corrected chi connectivity index (χ2v) is 32.4. The summed E-state index contributed by atoms with van der Waals surface area (Å²) < 4.78 is 73.2. The maximum atomic E-state index is 15.6. The Balaban J connectivity index is 0.761. The molecule has 19 nitrogen and oxygen atoms in total. The second-order valence-electron chi connectivity index (χ2n) is 25.7. The fourth-order valence-corrected chi connectivity index (χ4v) is 14.2. The Bertz CT molecular complexity index is 3810. The van der Waals surface area contributed by atoms with Crippen LogP contribution in [0.2, 0.25) is 25.7 Å². The highest BCUT2D eigenvalue weighted by Crippen LogP contribution is 2.53. The van der Waals surface area contributed by atoms with Crippen LogP contribution < -0.4 is 29.9 Å². The molecule has 4 aromatic heterocycles. The number of aromatic nitrogens is 5. The van der Waals surface area contributed by atoms with Crippen molar-refractivity contribution in [1.29, 1.82) is 0 Å². The van der Waals surface area contributed by atoms with E-state index in [4.69, 9.17) is 28.9 Å². The number of esters is 1. The molecule has 1 spiro atoms. The molecule has 7 heterocycles. The maximum absolute atomic E-state index is 15.6. The van der Waals surface area contributed by atoms with Crippen molar-refractivity contribution in [3.63, 3.8) is 0 Å². The lowest BCUT2D eigenvalue weighted by molar-refractivity contribution is -0.139. The number of anilines is 3. The van der Waals surface area contributed by atoms with E-state index < -0.39 is 49.1 Å². The molecule has 24 heteroatoms. The number of nitrogens with zero attached hydrogens (tertiary/aromatic N) is 8. The highest BCUT2D eigenvalue weighted by Gasteiger charge is 2.47. The van der Waals surface area contributed by atoms with E-state index in [0.717, 1.165) is 47.5 Å². The molecule has 1 saturated carbocycles. The molecule has 0 radical (unpaired) electrons. The number of carbonyl (C=O) groups excluding carboxylic acids is 5. The lowest BCUT2D eigenvalue weighted by Gasteiger charge is -2.52. The first-order chi connectivity index (χ1) is 41.8. The van der Waals surface area contributed by atoms with Crippen LogP contribution in [-0.2, 0) is 50.0 Å². The largest absolute Gasteiger partial charge is 0.493 e. The van der Waals surface area contributed by atoms with Crippen LogP contribution in [0.5, 0.6) is 11.5 Å². The van der Waals surface area contributed by atoms with Crippen molar-refractivity contribution in [2.24, 2.45) is 18.4 Å². The molecule has 4 amide bonds.